The van der Waals surface area contributed by atoms with Crippen molar-refractivity contribution < 1.29 is 17.9 Å². The highest BCUT2D eigenvalue weighted by Gasteiger charge is 2.32. The topological polar surface area (TPSA) is 75.7 Å². The number of carbonyl (C=O) groups is 1. The minimum atomic E-state index is -3.51. The summed E-state index contributed by atoms with van der Waals surface area (Å²) in [7, 11) is -3.51. The van der Waals surface area contributed by atoms with Crippen molar-refractivity contribution in [3.05, 3.63) is 59.7 Å². The highest BCUT2D eigenvalue weighted by Crippen LogP contribution is 2.24. The number of ether oxygens (including phenoxy) is 1. The maximum Gasteiger partial charge on any atom is 0.243 e. The molecule has 0 bridgehead atoms. The highest BCUT2D eigenvalue weighted by molar-refractivity contribution is 7.89. The van der Waals surface area contributed by atoms with Crippen molar-refractivity contribution in [2.45, 2.75) is 44.6 Å². The zero-order valence-electron chi connectivity index (χ0n) is 17.8. The van der Waals surface area contributed by atoms with Crippen LogP contribution in [0.25, 0.3) is 0 Å². The number of benzene rings is 2. The van der Waals surface area contributed by atoms with Crippen molar-refractivity contribution in [3.8, 4) is 5.75 Å². The third kappa shape index (κ3) is 5.61. The van der Waals surface area contributed by atoms with E-state index in [1.165, 1.54) is 9.87 Å². The molecule has 1 amide bonds. The van der Waals surface area contributed by atoms with Crippen LogP contribution in [0.3, 0.4) is 0 Å². The van der Waals surface area contributed by atoms with E-state index in [0.29, 0.717) is 37.4 Å². The summed E-state index contributed by atoms with van der Waals surface area (Å²) in [5.41, 5.74) is 2.18. The Labute approximate surface area is 179 Å². The van der Waals surface area contributed by atoms with E-state index >= 15 is 0 Å². The van der Waals surface area contributed by atoms with Gasteiger partial charge in [0.1, 0.15) is 12.4 Å². The highest BCUT2D eigenvalue weighted by atomic mass is 32.2. The Balaban J connectivity index is 1.47. The Hall–Kier alpha value is -2.38. The van der Waals surface area contributed by atoms with Crippen LogP contribution >= 0.6 is 0 Å². The number of carbonyl (C=O) groups excluding carboxylic acids is 1. The third-order valence-electron chi connectivity index (χ3n) is 5.39. The molecule has 0 radical (unpaired) electrons. The van der Waals surface area contributed by atoms with E-state index in [1.807, 2.05) is 45.0 Å². The average Bonchev–Trinajstić information content (AvgIpc) is 2.74. The second-order valence-corrected chi connectivity index (χ2v) is 9.96. The maximum atomic E-state index is 12.8. The smallest absolute Gasteiger partial charge is 0.243 e. The molecule has 0 saturated carbocycles. The molecular formula is C23H30N2O4S. The third-order valence-corrected chi connectivity index (χ3v) is 7.31. The molecule has 1 heterocycles. The molecule has 1 aliphatic heterocycles. The zero-order valence-corrected chi connectivity index (χ0v) is 18.6. The summed E-state index contributed by atoms with van der Waals surface area (Å²) >= 11 is 0. The maximum absolute atomic E-state index is 12.8. The second-order valence-electron chi connectivity index (χ2n) is 8.03. The minimum absolute atomic E-state index is 0.0395. The predicted molar refractivity (Wildman–Crippen MR) is 117 cm³/mol. The number of aryl methyl sites for hydroxylation is 2. The number of amides is 1. The van der Waals surface area contributed by atoms with Crippen LogP contribution < -0.4 is 10.1 Å². The van der Waals surface area contributed by atoms with Gasteiger partial charge in [-0.1, -0.05) is 35.4 Å². The molecule has 6 nitrogen and oxygen atoms in total. The Kier molecular flexibility index (Phi) is 7.15. The number of nitrogens with one attached hydrogen (secondary N) is 1. The molecule has 1 N–H and O–H groups in total. The van der Waals surface area contributed by atoms with Crippen LogP contribution in [0.15, 0.2) is 53.4 Å². The first-order valence-electron chi connectivity index (χ1n) is 10.3. The fourth-order valence-electron chi connectivity index (χ4n) is 3.48. The monoisotopic (exact) mass is 430 g/mol. The van der Waals surface area contributed by atoms with E-state index in [1.54, 1.807) is 24.3 Å². The largest absolute Gasteiger partial charge is 0.491 e. The molecule has 30 heavy (non-hydrogen) atoms. The lowest BCUT2D eigenvalue weighted by Gasteiger charge is -2.31. The fraction of sp³-hybridized carbons (Fsp3) is 0.435. The van der Waals surface area contributed by atoms with E-state index < -0.39 is 10.0 Å². The number of sulfonamides is 1. The number of hydrogen-bond donors (Lipinski definition) is 1. The summed E-state index contributed by atoms with van der Waals surface area (Å²) < 4.78 is 32.8. The molecular weight excluding hydrogens is 400 g/mol. The summed E-state index contributed by atoms with van der Waals surface area (Å²) in [4.78, 5) is 12.9. The SMILES string of the molecule is Cc1ccc(OC[C@H](C)NC(=O)C2CCN(S(=O)(=O)c3ccc(C)cc3)CC2)cc1. The molecule has 0 spiro atoms. The zero-order chi connectivity index (χ0) is 21.7. The summed E-state index contributed by atoms with van der Waals surface area (Å²) in [6.45, 7) is 6.93. The first-order chi connectivity index (χ1) is 14.3. The van der Waals surface area contributed by atoms with Crippen LogP contribution in [0.4, 0.5) is 0 Å². The quantitative estimate of drug-likeness (QED) is 0.731. The van der Waals surface area contributed by atoms with Gasteiger partial charge in [0.25, 0.3) is 0 Å². The molecule has 1 aliphatic rings. The van der Waals surface area contributed by atoms with E-state index in [9.17, 15) is 13.2 Å². The Bertz CT molecular complexity index is 948. The van der Waals surface area contributed by atoms with Crippen LogP contribution in [0.5, 0.6) is 5.75 Å². The molecule has 3 rings (SSSR count). The molecule has 1 fully saturated rings. The summed E-state index contributed by atoms with van der Waals surface area (Å²) in [6, 6.07) is 14.5. The van der Waals surface area contributed by atoms with Gasteiger partial charge in [-0.2, -0.15) is 4.31 Å². The molecule has 0 aromatic heterocycles. The van der Waals surface area contributed by atoms with Crippen LogP contribution in [-0.4, -0.2) is 44.4 Å². The molecule has 2 aromatic carbocycles. The fourth-order valence-corrected chi connectivity index (χ4v) is 4.95. The van der Waals surface area contributed by atoms with Crippen molar-refractivity contribution >= 4 is 15.9 Å². The van der Waals surface area contributed by atoms with E-state index in [2.05, 4.69) is 5.32 Å². The van der Waals surface area contributed by atoms with Gasteiger partial charge in [-0.05, 0) is 57.9 Å². The van der Waals surface area contributed by atoms with Crippen molar-refractivity contribution in [1.29, 1.82) is 0 Å². The Morgan fingerprint density at radius 3 is 2.13 bits per heavy atom. The molecule has 0 aliphatic carbocycles. The molecule has 2 aromatic rings. The van der Waals surface area contributed by atoms with Crippen molar-refractivity contribution in [3.63, 3.8) is 0 Å². The molecule has 7 heteroatoms. The van der Waals surface area contributed by atoms with Gasteiger partial charge in [0.15, 0.2) is 0 Å². The molecule has 1 saturated heterocycles. The number of piperidine rings is 1. The Morgan fingerprint density at radius 1 is 1.03 bits per heavy atom. The molecule has 1 atom stereocenters. The lowest BCUT2D eigenvalue weighted by molar-refractivity contribution is -0.126. The van der Waals surface area contributed by atoms with E-state index in [0.717, 1.165) is 11.3 Å². The van der Waals surface area contributed by atoms with E-state index in [-0.39, 0.29) is 17.9 Å². The van der Waals surface area contributed by atoms with Gasteiger partial charge in [-0.25, -0.2) is 8.42 Å². The van der Waals surface area contributed by atoms with Gasteiger partial charge in [0.2, 0.25) is 15.9 Å². The summed E-state index contributed by atoms with van der Waals surface area (Å²) in [5, 5.41) is 2.99. The van der Waals surface area contributed by atoms with Crippen molar-refractivity contribution in [1.82, 2.24) is 9.62 Å². The van der Waals surface area contributed by atoms with Gasteiger partial charge in [0, 0.05) is 19.0 Å². The summed E-state index contributed by atoms with van der Waals surface area (Å²) in [6.07, 6.45) is 1.03. The van der Waals surface area contributed by atoms with Crippen LogP contribution in [-0.2, 0) is 14.8 Å². The van der Waals surface area contributed by atoms with Crippen LogP contribution in [0.2, 0.25) is 0 Å². The Morgan fingerprint density at radius 2 is 1.57 bits per heavy atom. The molecule has 0 unspecified atom stereocenters. The minimum Gasteiger partial charge on any atom is -0.491 e. The van der Waals surface area contributed by atoms with Gasteiger partial charge in [0.05, 0.1) is 10.9 Å². The lowest BCUT2D eigenvalue weighted by Crippen LogP contribution is -2.45. The average molecular weight is 431 g/mol. The lowest BCUT2D eigenvalue weighted by atomic mass is 9.97. The van der Waals surface area contributed by atoms with Gasteiger partial charge >= 0.3 is 0 Å². The number of nitrogens with zero attached hydrogens (tertiary/aromatic N) is 1. The first-order valence-corrected chi connectivity index (χ1v) is 11.8. The normalized spacial score (nSPS) is 16.8. The van der Waals surface area contributed by atoms with Gasteiger partial charge < -0.3 is 10.1 Å². The standard InChI is InChI=1S/C23H30N2O4S/c1-17-4-8-21(9-5-17)29-16-19(3)24-23(26)20-12-14-25(15-13-20)30(27,28)22-10-6-18(2)7-11-22/h4-11,19-20H,12-16H2,1-3H3,(H,24,26)/t19-/m0/s1. The van der Waals surface area contributed by atoms with Gasteiger partial charge in [-0.3, -0.25) is 4.79 Å². The van der Waals surface area contributed by atoms with Crippen molar-refractivity contribution in [2.75, 3.05) is 19.7 Å². The van der Waals surface area contributed by atoms with Crippen LogP contribution in [0.1, 0.15) is 30.9 Å². The summed E-state index contributed by atoms with van der Waals surface area (Å²) in [5.74, 6) is 0.551. The second kappa shape index (κ2) is 9.62. The van der Waals surface area contributed by atoms with Gasteiger partial charge in [-0.15, -0.1) is 0 Å². The molecule has 162 valence electrons. The number of rotatable bonds is 7. The number of hydrogen-bond acceptors (Lipinski definition) is 4. The van der Waals surface area contributed by atoms with E-state index in [4.69, 9.17) is 4.74 Å². The van der Waals surface area contributed by atoms with Crippen molar-refractivity contribution in [2.24, 2.45) is 5.92 Å². The van der Waals surface area contributed by atoms with Crippen LogP contribution in [0, 0.1) is 19.8 Å². The predicted octanol–water partition coefficient (Wildman–Crippen LogP) is 3.29. The first kappa shape index (κ1) is 22.3.